The number of aromatic nitrogens is 2. The normalized spacial score (nSPS) is 11.2. The van der Waals surface area contributed by atoms with Crippen LogP contribution in [0.3, 0.4) is 0 Å². The zero-order valence-electron chi connectivity index (χ0n) is 13.6. The molecule has 0 radical (unpaired) electrons. The molecule has 0 spiro atoms. The van der Waals surface area contributed by atoms with Gasteiger partial charge in [0.05, 0.1) is 10.9 Å². The van der Waals surface area contributed by atoms with Gasteiger partial charge >= 0.3 is 0 Å². The van der Waals surface area contributed by atoms with Gasteiger partial charge in [0.1, 0.15) is 0 Å². The zero-order chi connectivity index (χ0) is 16.8. The van der Waals surface area contributed by atoms with Gasteiger partial charge in [-0.1, -0.05) is 30.0 Å². The van der Waals surface area contributed by atoms with Crippen molar-refractivity contribution >= 4 is 34.0 Å². The van der Waals surface area contributed by atoms with Crippen LogP contribution in [-0.2, 0) is 17.7 Å². The maximum atomic E-state index is 12.8. The van der Waals surface area contributed by atoms with Crippen LogP contribution in [-0.4, -0.2) is 29.0 Å². The molecule has 0 unspecified atom stereocenters. The number of nitrogens with zero attached hydrogens (tertiary/aromatic N) is 2. The minimum Gasteiger partial charge on any atom is -0.385 e. The molecule has 2 aromatic heterocycles. The summed E-state index contributed by atoms with van der Waals surface area (Å²) in [6, 6.07) is 11.8. The van der Waals surface area contributed by atoms with Crippen LogP contribution in [0.1, 0.15) is 11.3 Å². The summed E-state index contributed by atoms with van der Waals surface area (Å²) >= 11 is 3.42. The van der Waals surface area contributed by atoms with Crippen molar-refractivity contribution in [3.63, 3.8) is 0 Å². The van der Waals surface area contributed by atoms with Crippen molar-refractivity contribution in [2.45, 2.75) is 24.5 Å². The maximum Gasteiger partial charge on any atom is 0.262 e. The van der Waals surface area contributed by atoms with Crippen molar-refractivity contribution in [3.05, 3.63) is 57.0 Å². The van der Waals surface area contributed by atoms with Crippen molar-refractivity contribution in [2.24, 2.45) is 0 Å². The van der Waals surface area contributed by atoms with Gasteiger partial charge in [-0.2, -0.15) is 0 Å². The van der Waals surface area contributed by atoms with Gasteiger partial charge in [-0.25, -0.2) is 4.98 Å². The van der Waals surface area contributed by atoms with Crippen LogP contribution in [0.4, 0.5) is 0 Å². The van der Waals surface area contributed by atoms with E-state index in [4.69, 9.17) is 9.72 Å². The predicted octanol–water partition coefficient (Wildman–Crippen LogP) is 3.83. The van der Waals surface area contributed by atoms with E-state index in [2.05, 4.69) is 17.5 Å². The van der Waals surface area contributed by atoms with E-state index in [-0.39, 0.29) is 5.56 Å². The molecule has 126 valence electrons. The highest BCUT2D eigenvalue weighted by molar-refractivity contribution is 7.99. The van der Waals surface area contributed by atoms with E-state index in [9.17, 15) is 4.79 Å². The molecule has 24 heavy (non-hydrogen) atoms. The first-order valence-corrected chi connectivity index (χ1v) is 9.80. The lowest BCUT2D eigenvalue weighted by atomic mass is 10.2. The van der Waals surface area contributed by atoms with Gasteiger partial charge in [0, 0.05) is 30.9 Å². The molecule has 0 saturated heterocycles. The fourth-order valence-corrected chi connectivity index (χ4v) is 4.36. The lowest BCUT2D eigenvalue weighted by molar-refractivity contribution is 0.189. The molecule has 0 N–H and O–H groups in total. The number of rotatable bonds is 8. The van der Waals surface area contributed by atoms with Crippen LogP contribution in [0, 0.1) is 0 Å². The van der Waals surface area contributed by atoms with Gasteiger partial charge in [-0.05, 0) is 36.4 Å². The van der Waals surface area contributed by atoms with Gasteiger partial charge in [-0.3, -0.25) is 9.36 Å². The fraction of sp³-hybridized carbons (Fsp3) is 0.333. The van der Waals surface area contributed by atoms with E-state index >= 15 is 0 Å². The Kier molecular flexibility index (Phi) is 6.07. The number of benzene rings is 1. The number of para-hydroxylation sites is 1. The highest BCUT2D eigenvalue weighted by atomic mass is 32.2. The molecule has 1 aromatic carbocycles. The van der Waals surface area contributed by atoms with E-state index in [0.29, 0.717) is 18.5 Å². The molecule has 4 nitrogen and oxygen atoms in total. The van der Waals surface area contributed by atoms with Crippen molar-refractivity contribution in [2.75, 3.05) is 19.5 Å². The van der Waals surface area contributed by atoms with E-state index in [1.807, 2.05) is 24.3 Å². The Hall–Kier alpha value is -1.63. The first-order chi connectivity index (χ1) is 11.8. The zero-order valence-corrected chi connectivity index (χ0v) is 15.2. The first-order valence-electron chi connectivity index (χ1n) is 7.93. The number of thiophene rings is 1. The van der Waals surface area contributed by atoms with Crippen molar-refractivity contribution in [3.8, 4) is 0 Å². The van der Waals surface area contributed by atoms with Gasteiger partial charge in [0.2, 0.25) is 0 Å². The molecular formula is C18H20N2O2S2. The second-order valence-electron chi connectivity index (χ2n) is 5.39. The molecule has 0 amide bonds. The highest BCUT2D eigenvalue weighted by Gasteiger charge is 2.11. The smallest absolute Gasteiger partial charge is 0.262 e. The Bertz CT molecular complexity index is 844. The molecule has 0 fully saturated rings. The Morgan fingerprint density at radius 2 is 2.12 bits per heavy atom. The Balaban J connectivity index is 1.85. The maximum absolute atomic E-state index is 12.8. The van der Waals surface area contributed by atoms with Crippen molar-refractivity contribution in [1.82, 2.24) is 9.55 Å². The number of hydrogen-bond donors (Lipinski definition) is 0. The Morgan fingerprint density at radius 3 is 2.92 bits per heavy atom. The first kappa shape index (κ1) is 17.2. The summed E-state index contributed by atoms with van der Waals surface area (Å²) in [6.45, 7) is 1.27. The largest absolute Gasteiger partial charge is 0.385 e. The van der Waals surface area contributed by atoms with Gasteiger partial charge in [0.25, 0.3) is 5.56 Å². The summed E-state index contributed by atoms with van der Waals surface area (Å²) in [4.78, 5) is 18.9. The highest BCUT2D eigenvalue weighted by Crippen LogP contribution is 2.20. The monoisotopic (exact) mass is 360 g/mol. The molecular weight excluding hydrogens is 340 g/mol. The summed E-state index contributed by atoms with van der Waals surface area (Å²) in [6.07, 6.45) is 1.79. The average Bonchev–Trinajstić information content (AvgIpc) is 3.11. The number of methoxy groups -OCH3 is 1. The molecule has 3 aromatic rings. The lowest BCUT2D eigenvalue weighted by Gasteiger charge is -2.12. The standard InChI is InChI=1S/C18H20N2O2S2/c1-22-11-5-10-20-17(21)15-7-2-3-8-16(15)19-18(20)24-13-9-14-6-4-12-23-14/h2-4,6-8,12H,5,9-11,13H2,1H3. The van der Waals surface area contributed by atoms with Crippen LogP contribution in [0.2, 0.25) is 0 Å². The minimum absolute atomic E-state index is 0.0373. The van der Waals surface area contributed by atoms with Gasteiger partial charge < -0.3 is 4.74 Å². The Morgan fingerprint density at radius 1 is 1.25 bits per heavy atom. The average molecular weight is 361 g/mol. The minimum atomic E-state index is 0.0373. The summed E-state index contributed by atoms with van der Waals surface area (Å²) < 4.78 is 6.91. The Labute approximate surface area is 149 Å². The topological polar surface area (TPSA) is 44.1 Å². The van der Waals surface area contributed by atoms with Gasteiger partial charge in [0.15, 0.2) is 5.16 Å². The molecule has 0 aliphatic heterocycles. The summed E-state index contributed by atoms with van der Waals surface area (Å²) in [7, 11) is 1.68. The van der Waals surface area contributed by atoms with Crippen molar-refractivity contribution < 1.29 is 4.74 Å². The number of hydrogen-bond acceptors (Lipinski definition) is 5. The van der Waals surface area contributed by atoms with E-state index < -0.39 is 0 Å². The van der Waals surface area contributed by atoms with E-state index in [1.54, 1.807) is 34.8 Å². The van der Waals surface area contributed by atoms with Crippen LogP contribution < -0.4 is 5.56 Å². The molecule has 0 atom stereocenters. The molecule has 0 aliphatic carbocycles. The summed E-state index contributed by atoms with van der Waals surface area (Å²) in [5, 5.41) is 3.57. The van der Waals surface area contributed by atoms with E-state index in [0.717, 1.165) is 29.3 Å². The molecule has 0 saturated carbocycles. The van der Waals surface area contributed by atoms with Gasteiger partial charge in [-0.15, -0.1) is 11.3 Å². The van der Waals surface area contributed by atoms with Crippen molar-refractivity contribution in [1.29, 1.82) is 0 Å². The fourth-order valence-electron chi connectivity index (χ4n) is 2.52. The second kappa shape index (κ2) is 8.46. The third-order valence-electron chi connectivity index (χ3n) is 3.72. The lowest BCUT2D eigenvalue weighted by Crippen LogP contribution is -2.24. The molecule has 0 bridgehead atoms. The number of thioether (sulfide) groups is 1. The third kappa shape index (κ3) is 4.06. The molecule has 2 heterocycles. The van der Waals surface area contributed by atoms with Crippen LogP contribution in [0.5, 0.6) is 0 Å². The number of ether oxygens (including phenoxy) is 1. The van der Waals surface area contributed by atoms with Crippen LogP contribution >= 0.6 is 23.1 Å². The van der Waals surface area contributed by atoms with E-state index in [1.165, 1.54) is 4.88 Å². The second-order valence-corrected chi connectivity index (χ2v) is 7.49. The quantitative estimate of drug-likeness (QED) is 0.348. The molecule has 6 heteroatoms. The SMILES string of the molecule is COCCCn1c(SCCc2cccs2)nc2ccccc2c1=O. The summed E-state index contributed by atoms with van der Waals surface area (Å²) in [5.74, 6) is 0.912. The van der Waals surface area contributed by atoms with Crippen LogP contribution in [0.25, 0.3) is 10.9 Å². The number of fused-ring (bicyclic) bond motifs is 1. The predicted molar refractivity (Wildman–Crippen MR) is 101 cm³/mol. The summed E-state index contributed by atoms with van der Waals surface area (Å²) in [5.41, 5.74) is 0.805. The third-order valence-corrected chi connectivity index (χ3v) is 5.63. The number of aryl methyl sites for hydroxylation is 1. The molecule has 0 aliphatic rings. The molecule has 3 rings (SSSR count). The van der Waals surface area contributed by atoms with Crippen LogP contribution in [0.15, 0.2) is 51.7 Å².